The van der Waals surface area contributed by atoms with Gasteiger partial charge in [0.2, 0.25) is 0 Å². The molecule has 0 radical (unpaired) electrons. The fourth-order valence-electron chi connectivity index (χ4n) is 2.98. The molecule has 0 amide bonds. The van der Waals surface area contributed by atoms with Gasteiger partial charge in [0.05, 0.1) is 7.11 Å². The summed E-state index contributed by atoms with van der Waals surface area (Å²) in [6.07, 6.45) is 3.09. The average Bonchev–Trinajstić information content (AvgIpc) is 2.97. The van der Waals surface area contributed by atoms with Crippen LogP contribution in [0.25, 0.3) is 0 Å². The standard InChI is InChI=1S/C17H17FO2S/c1-20-15-6-2-4-11(17(15)18)10-14(19)12-5-3-7-16-13(12)8-9-21-16/h2,4,6,8-9,12H,3,5,7,10H2,1H3. The van der Waals surface area contributed by atoms with E-state index in [0.29, 0.717) is 5.56 Å². The Morgan fingerprint density at radius 2 is 2.29 bits per heavy atom. The lowest BCUT2D eigenvalue weighted by molar-refractivity contribution is -0.120. The number of carbonyl (C=O) groups excluding carboxylic acids is 1. The number of Topliss-reactive ketones (excluding diaryl/α,β-unsaturated/α-hetero) is 1. The molecule has 4 heteroatoms. The summed E-state index contributed by atoms with van der Waals surface area (Å²) in [4.78, 5) is 13.9. The van der Waals surface area contributed by atoms with Gasteiger partial charge < -0.3 is 4.74 Å². The number of fused-ring (bicyclic) bond motifs is 1. The first-order chi connectivity index (χ1) is 10.2. The lowest BCUT2D eigenvalue weighted by Gasteiger charge is -2.21. The number of halogens is 1. The van der Waals surface area contributed by atoms with Crippen molar-refractivity contribution in [3.05, 3.63) is 51.5 Å². The van der Waals surface area contributed by atoms with Crippen LogP contribution >= 0.6 is 11.3 Å². The summed E-state index contributed by atoms with van der Waals surface area (Å²) in [5.74, 6) is -0.207. The van der Waals surface area contributed by atoms with E-state index >= 15 is 0 Å². The smallest absolute Gasteiger partial charge is 0.168 e. The van der Waals surface area contributed by atoms with Crippen LogP contribution in [0.3, 0.4) is 0 Å². The highest BCUT2D eigenvalue weighted by Crippen LogP contribution is 2.36. The topological polar surface area (TPSA) is 26.3 Å². The van der Waals surface area contributed by atoms with Crippen LogP contribution < -0.4 is 4.74 Å². The van der Waals surface area contributed by atoms with Crippen molar-refractivity contribution in [2.24, 2.45) is 0 Å². The second-order valence-electron chi connectivity index (χ2n) is 5.32. The number of ether oxygens (including phenoxy) is 1. The summed E-state index contributed by atoms with van der Waals surface area (Å²) in [5.41, 5.74) is 1.57. The van der Waals surface area contributed by atoms with Gasteiger partial charge in [-0.3, -0.25) is 4.79 Å². The van der Waals surface area contributed by atoms with E-state index in [1.54, 1.807) is 29.5 Å². The summed E-state index contributed by atoms with van der Waals surface area (Å²) in [6, 6.07) is 7.00. The van der Waals surface area contributed by atoms with Crippen molar-refractivity contribution in [3.63, 3.8) is 0 Å². The number of carbonyl (C=O) groups is 1. The Morgan fingerprint density at radius 3 is 3.10 bits per heavy atom. The van der Waals surface area contributed by atoms with Crippen LogP contribution in [0.5, 0.6) is 5.75 Å². The predicted molar refractivity (Wildman–Crippen MR) is 81.7 cm³/mol. The molecule has 0 saturated heterocycles. The summed E-state index contributed by atoms with van der Waals surface area (Å²) in [5, 5.41) is 2.04. The van der Waals surface area contributed by atoms with Gasteiger partial charge in [-0.15, -0.1) is 11.3 Å². The van der Waals surface area contributed by atoms with E-state index in [-0.39, 0.29) is 23.9 Å². The van der Waals surface area contributed by atoms with E-state index in [1.807, 2.05) is 11.4 Å². The Hall–Kier alpha value is -1.68. The number of rotatable bonds is 4. The zero-order valence-corrected chi connectivity index (χ0v) is 12.7. The summed E-state index contributed by atoms with van der Waals surface area (Å²) in [7, 11) is 1.43. The molecule has 1 aromatic heterocycles. The summed E-state index contributed by atoms with van der Waals surface area (Å²) in [6.45, 7) is 0. The maximum atomic E-state index is 14.2. The Labute approximate surface area is 127 Å². The third-order valence-electron chi connectivity index (χ3n) is 4.07. The van der Waals surface area contributed by atoms with Crippen molar-refractivity contribution in [2.45, 2.75) is 31.6 Å². The summed E-state index contributed by atoms with van der Waals surface area (Å²) >= 11 is 1.72. The monoisotopic (exact) mass is 304 g/mol. The molecule has 1 aromatic carbocycles. The lowest BCUT2D eigenvalue weighted by atomic mass is 9.83. The van der Waals surface area contributed by atoms with E-state index < -0.39 is 5.82 Å². The van der Waals surface area contributed by atoms with Gasteiger partial charge in [-0.1, -0.05) is 12.1 Å². The minimum Gasteiger partial charge on any atom is -0.494 e. The molecule has 1 aliphatic rings. The molecule has 1 atom stereocenters. The van der Waals surface area contributed by atoms with Gasteiger partial charge in [0, 0.05) is 17.2 Å². The molecular weight excluding hydrogens is 287 g/mol. The highest BCUT2D eigenvalue weighted by molar-refractivity contribution is 7.10. The van der Waals surface area contributed by atoms with Crippen molar-refractivity contribution < 1.29 is 13.9 Å². The maximum Gasteiger partial charge on any atom is 0.168 e. The third-order valence-corrected chi connectivity index (χ3v) is 5.06. The van der Waals surface area contributed by atoms with Crippen LogP contribution in [0.4, 0.5) is 4.39 Å². The first-order valence-corrected chi connectivity index (χ1v) is 7.99. The van der Waals surface area contributed by atoms with E-state index in [2.05, 4.69) is 0 Å². The van der Waals surface area contributed by atoms with E-state index in [9.17, 15) is 9.18 Å². The van der Waals surface area contributed by atoms with Gasteiger partial charge in [-0.25, -0.2) is 4.39 Å². The van der Waals surface area contributed by atoms with Crippen molar-refractivity contribution in [2.75, 3.05) is 7.11 Å². The number of hydrogen-bond donors (Lipinski definition) is 0. The van der Waals surface area contributed by atoms with Crippen LogP contribution in [0, 0.1) is 5.82 Å². The molecule has 1 aliphatic carbocycles. The molecule has 0 bridgehead atoms. The molecule has 110 valence electrons. The fraction of sp³-hybridized carbons (Fsp3) is 0.353. The molecule has 0 aliphatic heterocycles. The van der Waals surface area contributed by atoms with Gasteiger partial charge in [0.15, 0.2) is 11.6 Å². The normalized spacial score (nSPS) is 17.3. The first kappa shape index (κ1) is 14.3. The van der Waals surface area contributed by atoms with Gasteiger partial charge in [-0.2, -0.15) is 0 Å². The molecule has 3 rings (SSSR count). The number of benzene rings is 1. The number of thiophene rings is 1. The molecule has 0 spiro atoms. The Balaban J connectivity index is 1.82. The molecule has 21 heavy (non-hydrogen) atoms. The molecule has 0 fully saturated rings. The second kappa shape index (κ2) is 5.98. The van der Waals surface area contributed by atoms with Crippen molar-refractivity contribution in [1.82, 2.24) is 0 Å². The molecule has 2 nitrogen and oxygen atoms in total. The molecule has 1 heterocycles. The Bertz CT molecular complexity index is 663. The largest absolute Gasteiger partial charge is 0.494 e. The van der Waals surface area contributed by atoms with Gasteiger partial charge in [0.1, 0.15) is 5.78 Å². The zero-order chi connectivity index (χ0) is 14.8. The van der Waals surface area contributed by atoms with Crippen molar-refractivity contribution in [3.8, 4) is 5.75 Å². The zero-order valence-electron chi connectivity index (χ0n) is 11.9. The van der Waals surface area contributed by atoms with E-state index in [1.165, 1.54) is 12.0 Å². The van der Waals surface area contributed by atoms with E-state index in [4.69, 9.17) is 4.74 Å². The second-order valence-corrected chi connectivity index (χ2v) is 6.32. The highest BCUT2D eigenvalue weighted by atomic mass is 32.1. The number of hydrogen-bond acceptors (Lipinski definition) is 3. The van der Waals surface area contributed by atoms with Gasteiger partial charge in [0.25, 0.3) is 0 Å². The molecule has 0 saturated carbocycles. The summed E-state index contributed by atoms with van der Waals surface area (Å²) < 4.78 is 19.1. The van der Waals surface area contributed by atoms with Crippen LogP contribution in [0.1, 0.15) is 34.8 Å². The minimum atomic E-state index is -0.422. The molecular formula is C17H17FO2S. The van der Waals surface area contributed by atoms with Crippen LogP contribution in [-0.2, 0) is 17.6 Å². The van der Waals surface area contributed by atoms with Crippen LogP contribution in [0.2, 0.25) is 0 Å². The van der Waals surface area contributed by atoms with Gasteiger partial charge >= 0.3 is 0 Å². The Morgan fingerprint density at radius 1 is 1.43 bits per heavy atom. The predicted octanol–water partition coefficient (Wildman–Crippen LogP) is 4.13. The van der Waals surface area contributed by atoms with Crippen LogP contribution in [-0.4, -0.2) is 12.9 Å². The maximum absolute atomic E-state index is 14.2. The third kappa shape index (κ3) is 2.72. The average molecular weight is 304 g/mol. The van der Waals surface area contributed by atoms with Crippen LogP contribution in [0.15, 0.2) is 29.6 Å². The molecule has 1 unspecified atom stereocenters. The van der Waals surface area contributed by atoms with E-state index in [0.717, 1.165) is 24.8 Å². The Kier molecular flexibility index (Phi) is 4.06. The van der Waals surface area contributed by atoms with Crippen molar-refractivity contribution >= 4 is 17.1 Å². The fourth-order valence-corrected chi connectivity index (χ4v) is 3.97. The number of methoxy groups -OCH3 is 1. The number of aryl methyl sites for hydroxylation is 1. The quantitative estimate of drug-likeness (QED) is 0.849. The molecule has 0 N–H and O–H groups in total. The van der Waals surface area contributed by atoms with Crippen molar-refractivity contribution in [1.29, 1.82) is 0 Å². The number of ketones is 1. The molecule has 2 aromatic rings. The van der Waals surface area contributed by atoms with Gasteiger partial charge in [-0.05, 0) is 47.9 Å². The highest BCUT2D eigenvalue weighted by Gasteiger charge is 2.27. The lowest BCUT2D eigenvalue weighted by Crippen LogP contribution is -2.19. The minimum absolute atomic E-state index is 0.0781. The SMILES string of the molecule is COc1cccc(CC(=O)C2CCCc3sccc32)c1F. The first-order valence-electron chi connectivity index (χ1n) is 7.11.